The van der Waals surface area contributed by atoms with Gasteiger partial charge in [-0.1, -0.05) is 54.6 Å². The molecule has 0 atom stereocenters. The van der Waals surface area contributed by atoms with Crippen molar-refractivity contribution in [3.63, 3.8) is 0 Å². The first-order chi connectivity index (χ1) is 14.2. The molecule has 0 aromatic heterocycles. The molecule has 3 aromatic carbocycles. The van der Waals surface area contributed by atoms with Crippen LogP contribution in [0.4, 0.5) is 5.69 Å². The molecule has 2 amide bonds. The number of para-hydroxylation sites is 1. The van der Waals surface area contributed by atoms with Crippen molar-refractivity contribution in [2.45, 2.75) is 19.4 Å². The lowest BCUT2D eigenvalue weighted by Gasteiger charge is -2.12. The van der Waals surface area contributed by atoms with Crippen LogP contribution in [0.3, 0.4) is 0 Å². The predicted octanol–water partition coefficient (Wildman–Crippen LogP) is 4.20. The van der Waals surface area contributed by atoms with E-state index in [-0.39, 0.29) is 11.8 Å². The number of nitrogens with one attached hydrogen (secondary N) is 2. The van der Waals surface area contributed by atoms with Crippen LogP contribution in [0.2, 0.25) is 0 Å². The zero-order valence-electron chi connectivity index (χ0n) is 16.4. The normalized spacial score (nSPS) is 10.2. The van der Waals surface area contributed by atoms with Gasteiger partial charge in [0.1, 0.15) is 12.4 Å². The zero-order valence-corrected chi connectivity index (χ0v) is 16.4. The molecule has 0 aliphatic rings. The van der Waals surface area contributed by atoms with E-state index in [9.17, 15) is 9.59 Å². The van der Waals surface area contributed by atoms with Crippen molar-refractivity contribution in [1.82, 2.24) is 5.32 Å². The summed E-state index contributed by atoms with van der Waals surface area (Å²) in [5.41, 5.74) is 3.25. The molecular weight excluding hydrogens is 364 g/mol. The molecule has 0 saturated heterocycles. The SMILES string of the molecule is CNC(=O)CCc1ccc(NC(=O)c2ccccc2OCc2ccccc2)cc1. The van der Waals surface area contributed by atoms with E-state index >= 15 is 0 Å². The summed E-state index contributed by atoms with van der Waals surface area (Å²) >= 11 is 0. The molecule has 5 heteroatoms. The second-order valence-electron chi connectivity index (χ2n) is 6.59. The summed E-state index contributed by atoms with van der Waals surface area (Å²) in [6.07, 6.45) is 1.10. The zero-order chi connectivity index (χ0) is 20.5. The first-order valence-electron chi connectivity index (χ1n) is 9.52. The van der Waals surface area contributed by atoms with Crippen LogP contribution in [0.15, 0.2) is 78.9 Å². The lowest BCUT2D eigenvalue weighted by atomic mass is 10.1. The van der Waals surface area contributed by atoms with E-state index < -0.39 is 0 Å². The number of hydrogen-bond acceptors (Lipinski definition) is 3. The number of aryl methyl sites for hydroxylation is 1. The monoisotopic (exact) mass is 388 g/mol. The Morgan fingerprint density at radius 3 is 2.24 bits per heavy atom. The molecule has 3 rings (SSSR count). The highest BCUT2D eigenvalue weighted by Crippen LogP contribution is 2.21. The molecule has 0 saturated carbocycles. The molecule has 5 nitrogen and oxygen atoms in total. The number of rotatable bonds is 8. The van der Waals surface area contributed by atoms with Crippen LogP contribution in [0.5, 0.6) is 5.75 Å². The van der Waals surface area contributed by atoms with E-state index in [0.717, 1.165) is 11.1 Å². The first kappa shape index (κ1) is 20.1. The molecule has 0 heterocycles. The lowest BCUT2D eigenvalue weighted by molar-refractivity contribution is -0.120. The minimum absolute atomic E-state index is 0.00879. The summed E-state index contributed by atoms with van der Waals surface area (Å²) in [5, 5.41) is 5.51. The van der Waals surface area contributed by atoms with Crippen molar-refractivity contribution in [3.05, 3.63) is 95.6 Å². The number of carbonyl (C=O) groups excluding carboxylic acids is 2. The number of anilines is 1. The molecule has 29 heavy (non-hydrogen) atoms. The Hall–Kier alpha value is -3.60. The van der Waals surface area contributed by atoms with Gasteiger partial charge in [-0.3, -0.25) is 9.59 Å². The maximum absolute atomic E-state index is 12.7. The Bertz CT molecular complexity index is 953. The second-order valence-corrected chi connectivity index (χ2v) is 6.59. The average molecular weight is 388 g/mol. The molecule has 3 aromatic rings. The molecule has 2 N–H and O–H groups in total. The van der Waals surface area contributed by atoms with E-state index in [2.05, 4.69) is 10.6 Å². The van der Waals surface area contributed by atoms with Crippen molar-refractivity contribution in [2.75, 3.05) is 12.4 Å². The van der Waals surface area contributed by atoms with Crippen LogP contribution in [0.25, 0.3) is 0 Å². The van der Waals surface area contributed by atoms with E-state index in [1.807, 2.05) is 66.7 Å². The van der Waals surface area contributed by atoms with Gasteiger partial charge in [0, 0.05) is 19.2 Å². The Morgan fingerprint density at radius 2 is 1.52 bits per heavy atom. The van der Waals surface area contributed by atoms with Gasteiger partial charge in [0.2, 0.25) is 5.91 Å². The fraction of sp³-hybridized carbons (Fsp3) is 0.167. The van der Waals surface area contributed by atoms with Crippen molar-refractivity contribution >= 4 is 17.5 Å². The fourth-order valence-corrected chi connectivity index (χ4v) is 2.85. The highest BCUT2D eigenvalue weighted by Gasteiger charge is 2.12. The molecule has 0 unspecified atom stereocenters. The van der Waals surface area contributed by atoms with E-state index in [1.54, 1.807) is 19.2 Å². The highest BCUT2D eigenvalue weighted by molar-refractivity contribution is 6.06. The van der Waals surface area contributed by atoms with Gasteiger partial charge in [0.25, 0.3) is 5.91 Å². The topological polar surface area (TPSA) is 67.4 Å². The van der Waals surface area contributed by atoms with Gasteiger partial charge >= 0.3 is 0 Å². The molecule has 0 aliphatic carbocycles. The molecule has 0 radical (unpaired) electrons. The van der Waals surface area contributed by atoms with E-state index in [4.69, 9.17) is 4.74 Å². The van der Waals surface area contributed by atoms with Crippen LogP contribution in [-0.4, -0.2) is 18.9 Å². The van der Waals surface area contributed by atoms with Crippen molar-refractivity contribution < 1.29 is 14.3 Å². The van der Waals surface area contributed by atoms with Crippen molar-refractivity contribution in [3.8, 4) is 5.75 Å². The van der Waals surface area contributed by atoms with Crippen LogP contribution < -0.4 is 15.4 Å². The molecule has 0 bridgehead atoms. The quantitative estimate of drug-likeness (QED) is 0.608. The molecule has 0 aliphatic heterocycles. The third-order valence-corrected chi connectivity index (χ3v) is 4.50. The minimum atomic E-state index is -0.230. The van der Waals surface area contributed by atoms with E-state index in [0.29, 0.717) is 36.4 Å². The Labute approximate surface area is 170 Å². The predicted molar refractivity (Wildman–Crippen MR) is 114 cm³/mol. The minimum Gasteiger partial charge on any atom is -0.488 e. The number of benzene rings is 3. The average Bonchev–Trinajstić information content (AvgIpc) is 2.77. The van der Waals surface area contributed by atoms with Gasteiger partial charge in [-0.25, -0.2) is 0 Å². The molecule has 0 spiro atoms. The fourth-order valence-electron chi connectivity index (χ4n) is 2.85. The van der Waals surface area contributed by atoms with Gasteiger partial charge in [-0.05, 0) is 41.8 Å². The van der Waals surface area contributed by atoms with Crippen LogP contribution in [-0.2, 0) is 17.8 Å². The second kappa shape index (κ2) is 10.1. The lowest BCUT2D eigenvalue weighted by Crippen LogP contribution is -2.17. The smallest absolute Gasteiger partial charge is 0.259 e. The van der Waals surface area contributed by atoms with Crippen molar-refractivity contribution in [2.24, 2.45) is 0 Å². The summed E-state index contributed by atoms with van der Waals surface area (Å²) in [5.74, 6) is 0.317. The van der Waals surface area contributed by atoms with Gasteiger partial charge < -0.3 is 15.4 Å². The Balaban J connectivity index is 1.62. The summed E-state index contributed by atoms with van der Waals surface area (Å²) in [4.78, 5) is 24.1. The van der Waals surface area contributed by atoms with Crippen LogP contribution in [0.1, 0.15) is 27.9 Å². The van der Waals surface area contributed by atoms with Gasteiger partial charge in [0.15, 0.2) is 0 Å². The van der Waals surface area contributed by atoms with Crippen molar-refractivity contribution in [1.29, 1.82) is 0 Å². The van der Waals surface area contributed by atoms with Crippen LogP contribution >= 0.6 is 0 Å². The summed E-state index contributed by atoms with van der Waals surface area (Å²) in [7, 11) is 1.63. The maximum atomic E-state index is 12.7. The third kappa shape index (κ3) is 5.94. The van der Waals surface area contributed by atoms with Gasteiger partial charge in [-0.2, -0.15) is 0 Å². The first-order valence-corrected chi connectivity index (χ1v) is 9.52. The van der Waals surface area contributed by atoms with Gasteiger partial charge in [-0.15, -0.1) is 0 Å². The van der Waals surface area contributed by atoms with Gasteiger partial charge in [0.05, 0.1) is 5.56 Å². The number of carbonyl (C=O) groups is 2. The maximum Gasteiger partial charge on any atom is 0.259 e. The summed E-state index contributed by atoms with van der Waals surface area (Å²) in [6, 6.07) is 24.5. The highest BCUT2D eigenvalue weighted by atomic mass is 16.5. The number of ether oxygens (including phenoxy) is 1. The summed E-state index contributed by atoms with van der Waals surface area (Å²) in [6.45, 7) is 0.394. The largest absolute Gasteiger partial charge is 0.488 e. The molecular formula is C24H24N2O3. The Morgan fingerprint density at radius 1 is 0.828 bits per heavy atom. The van der Waals surface area contributed by atoms with E-state index in [1.165, 1.54) is 0 Å². The number of hydrogen-bond donors (Lipinski definition) is 2. The van der Waals surface area contributed by atoms with Crippen LogP contribution in [0, 0.1) is 0 Å². The number of amides is 2. The third-order valence-electron chi connectivity index (χ3n) is 4.50. The molecule has 0 fully saturated rings. The standard InChI is InChI=1S/C24H24N2O3/c1-25-23(27)16-13-18-11-14-20(15-12-18)26-24(28)21-9-5-6-10-22(21)29-17-19-7-3-2-4-8-19/h2-12,14-15H,13,16-17H2,1H3,(H,25,27)(H,26,28). The Kier molecular flexibility index (Phi) is 7.00. The molecule has 148 valence electrons. The summed E-state index contributed by atoms with van der Waals surface area (Å²) < 4.78 is 5.87.